The number of carboxylic acid groups (broad SMARTS) is 1. The summed E-state index contributed by atoms with van der Waals surface area (Å²) in [6.07, 6.45) is 0.250. The van der Waals surface area contributed by atoms with E-state index in [1.54, 1.807) is 13.1 Å². The second-order valence-electron chi connectivity index (χ2n) is 3.21. The topological polar surface area (TPSA) is 153 Å². The number of carbonyl (C=O) groups is 1. The van der Waals surface area contributed by atoms with Crippen LogP contribution in [0.2, 0.25) is 0 Å². The van der Waals surface area contributed by atoms with Gasteiger partial charge in [-0.15, -0.1) is 12.4 Å². The Labute approximate surface area is 110 Å². The number of aromatic hydroxyl groups is 2. The molecule has 0 spiro atoms. The van der Waals surface area contributed by atoms with Crippen molar-refractivity contribution in [3.8, 4) is 11.5 Å². The molecule has 0 saturated heterocycles. The summed E-state index contributed by atoms with van der Waals surface area (Å²) in [5.74, 6) is -1.41. The minimum absolute atomic E-state index is 0. The van der Waals surface area contributed by atoms with Crippen LogP contribution in [-0.2, 0) is 11.2 Å². The Balaban J connectivity index is -0.000000750. The third kappa shape index (κ3) is 5.69. The zero-order chi connectivity index (χ0) is 11.4. The van der Waals surface area contributed by atoms with Crippen molar-refractivity contribution in [2.24, 2.45) is 0 Å². The van der Waals surface area contributed by atoms with Crippen molar-refractivity contribution in [2.75, 3.05) is 7.05 Å². The number of benzene rings is 1. The molecule has 0 aromatic heterocycles. The zero-order valence-corrected chi connectivity index (χ0v) is 10.5. The maximum absolute atomic E-state index is 10.7. The summed E-state index contributed by atoms with van der Waals surface area (Å²) in [7, 11) is 1.55. The number of likely N-dealkylation sites (N-methyl/N-ethyl adjacent to an activating group) is 1. The molecule has 8 heteroatoms. The lowest BCUT2D eigenvalue weighted by Crippen LogP contribution is -2.35. The molecule has 0 aliphatic heterocycles. The Bertz CT molecular complexity index is 373. The van der Waals surface area contributed by atoms with E-state index in [9.17, 15) is 9.90 Å². The van der Waals surface area contributed by atoms with Crippen LogP contribution < -0.4 is 5.32 Å². The van der Waals surface area contributed by atoms with Crippen LogP contribution in [-0.4, -0.2) is 45.3 Å². The van der Waals surface area contributed by atoms with Crippen LogP contribution in [0.15, 0.2) is 18.2 Å². The first kappa shape index (κ1) is 21.7. The highest BCUT2D eigenvalue weighted by molar-refractivity contribution is 5.85. The highest BCUT2D eigenvalue weighted by Gasteiger charge is 2.15. The Hall–Kier alpha value is -1.54. The molecule has 0 bridgehead atoms. The second kappa shape index (κ2) is 9.49. The molecule has 1 atom stereocenters. The molecule has 0 unspecified atom stereocenters. The van der Waals surface area contributed by atoms with E-state index in [1.807, 2.05) is 0 Å². The standard InChI is InChI=1S/C10H13NO4.ClH.2H2O/c1-11-7(10(14)15)4-6-2-3-8(12)9(13)5-6;;;/h2-3,5,7,11-13H,4H2,1H3,(H,14,15);1H;2*1H2/t7-;;;/m0.../s1. The first-order chi connectivity index (χ1) is 7.04. The van der Waals surface area contributed by atoms with E-state index in [1.165, 1.54) is 12.1 Å². The fourth-order valence-corrected chi connectivity index (χ4v) is 1.24. The lowest BCUT2D eigenvalue weighted by atomic mass is 10.1. The van der Waals surface area contributed by atoms with E-state index in [4.69, 9.17) is 10.2 Å². The van der Waals surface area contributed by atoms with Gasteiger partial charge >= 0.3 is 5.97 Å². The molecular weight excluding hydrogens is 266 g/mol. The van der Waals surface area contributed by atoms with Gasteiger partial charge in [0.1, 0.15) is 6.04 Å². The van der Waals surface area contributed by atoms with Crippen molar-refractivity contribution in [1.29, 1.82) is 0 Å². The van der Waals surface area contributed by atoms with Crippen LogP contribution in [0.1, 0.15) is 5.56 Å². The van der Waals surface area contributed by atoms with Crippen molar-refractivity contribution in [2.45, 2.75) is 12.5 Å². The van der Waals surface area contributed by atoms with Gasteiger partial charge in [0.05, 0.1) is 0 Å². The fourth-order valence-electron chi connectivity index (χ4n) is 1.24. The van der Waals surface area contributed by atoms with E-state index in [-0.39, 0.29) is 41.3 Å². The van der Waals surface area contributed by atoms with Gasteiger partial charge in [0.25, 0.3) is 0 Å². The van der Waals surface area contributed by atoms with Crippen molar-refractivity contribution in [3.63, 3.8) is 0 Å². The van der Waals surface area contributed by atoms with Gasteiger partial charge in [-0.3, -0.25) is 4.79 Å². The molecule has 7 nitrogen and oxygen atoms in total. The van der Waals surface area contributed by atoms with Gasteiger partial charge in [0.15, 0.2) is 11.5 Å². The molecule has 1 aromatic rings. The summed E-state index contributed by atoms with van der Waals surface area (Å²) in [6.45, 7) is 0. The summed E-state index contributed by atoms with van der Waals surface area (Å²) in [6, 6.07) is 3.55. The average molecular weight is 284 g/mol. The van der Waals surface area contributed by atoms with Gasteiger partial charge in [-0.2, -0.15) is 0 Å². The monoisotopic (exact) mass is 283 g/mol. The molecule has 106 valence electrons. The summed E-state index contributed by atoms with van der Waals surface area (Å²) in [5, 5.41) is 29.7. The van der Waals surface area contributed by atoms with E-state index in [0.29, 0.717) is 5.56 Å². The fraction of sp³-hybridized carbons (Fsp3) is 0.300. The molecule has 0 heterocycles. The highest BCUT2D eigenvalue weighted by Crippen LogP contribution is 2.25. The molecule has 0 amide bonds. The highest BCUT2D eigenvalue weighted by atomic mass is 35.5. The third-order valence-electron chi connectivity index (χ3n) is 2.13. The molecule has 0 aliphatic carbocycles. The molecule has 0 aliphatic rings. The molecule has 18 heavy (non-hydrogen) atoms. The number of nitrogens with one attached hydrogen (secondary N) is 1. The lowest BCUT2D eigenvalue weighted by molar-refractivity contribution is -0.139. The Morgan fingerprint density at radius 2 is 1.83 bits per heavy atom. The Morgan fingerprint density at radius 1 is 1.28 bits per heavy atom. The molecule has 1 rings (SSSR count). The largest absolute Gasteiger partial charge is 0.504 e. The SMILES string of the molecule is CN[C@@H](Cc1ccc(O)c(O)c1)C(=O)O.Cl.O.O. The van der Waals surface area contributed by atoms with Crippen LogP contribution >= 0.6 is 12.4 Å². The molecule has 0 radical (unpaired) electrons. The number of hydrogen-bond donors (Lipinski definition) is 4. The summed E-state index contributed by atoms with van der Waals surface area (Å²) in [5.41, 5.74) is 0.645. The Kier molecular flexibility index (Phi) is 11.4. The van der Waals surface area contributed by atoms with E-state index in [2.05, 4.69) is 5.32 Å². The molecule has 0 fully saturated rings. The predicted molar refractivity (Wildman–Crippen MR) is 68.4 cm³/mol. The van der Waals surface area contributed by atoms with Gasteiger partial charge < -0.3 is 31.6 Å². The first-order valence-electron chi connectivity index (χ1n) is 4.45. The number of halogens is 1. The van der Waals surface area contributed by atoms with E-state index >= 15 is 0 Å². The van der Waals surface area contributed by atoms with E-state index in [0.717, 1.165) is 0 Å². The van der Waals surface area contributed by atoms with Crippen molar-refractivity contribution in [3.05, 3.63) is 23.8 Å². The summed E-state index contributed by atoms with van der Waals surface area (Å²) >= 11 is 0. The van der Waals surface area contributed by atoms with Crippen LogP contribution in [0.4, 0.5) is 0 Å². The number of carboxylic acids is 1. The van der Waals surface area contributed by atoms with Crippen LogP contribution in [0.3, 0.4) is 0 Å². The minimum atomic E-state index is -0.954. The smallest absolute Gasteiger partial charge is 0.321 e. The van der Waals surface area contributed by atoms with Crippen LogP contribution in [0.5, 0.6) is 11.5 Å². The van der Waals surface area contributed by atoms with Gasteiger partial charge in [0, 0.05) is 0 Å². The van der Waals surface area contributed by atoms with Crippen LogP contribution in [0, 0.1) is 0 Å². The predicted octanol–water partition coefficient (Wildman–Crippen LogP) is -0.915. The molecule has 1 aromatic carbocycles. The summed E-state index contributed by atoms with van der Waals surface area (Å²) < 4.78 is 0. The van der Waals surface area contributed by atoms with Gasteiger partial charge in [0.2, 0.25) is 0 Å². The lowest BCUT2D eigenvalue weighted by Gasteiger charge is -2.11. The third-order valence-corrected chi connectivity index (χ3v) is 2.13. The number of hydrogen-bond acceptors (Lipinski definition) is 4. The van der Waals surface area contributed by atoms with Gasteiger partial charge in [-0.25, -0.2) is 0 Å². The Morgan fingerprint density at radius 3 is 2.22 bits per heavy atom. The van der Waals surface area contributed by atoms with E-state index < -0.39 is 12.0 Å². The first-order valence-corrected chi connectivity index (χ1v) is 4.45. The molecule has 0 saturated carbocycles. The van der Waals surface area contributed by atoms with Crippen molar-refractivity contribution >= 4 is 18.4 Å². The van der Waals surface area contributed by atoms with Crippen molar-refractivity contribution in [1.82, 2.24) is 5.32 Å². The maximum Gasteiger partial charge on any atom is 0.321 e. The maximum atomic E-state index is 10.7. The minimum Gasteiger partial charge on any atom is -0.504 e. The van der Waals surface area contributed by atoms with Crippen LogP contribution in [0.25, 0.3) is 0 Å². The molecule has 8 N–H and O–H groups in total. The van der Waals surface area contributed by atoms with Crippen molar-refractivity contribution < 1.29 is 31.1 Å². The summed E-state index contributed by atoms with van der Waals surface area (Å²) in [4.78, 5) is 10.7. The van der Waals surface area contributed by atoms with Gasteiger partial charge in [-0.05, 0) is 31.2 Å². The normalized spacial score (nSPS) is 10.3. The number of rotatable bonds is 4. The number of phenols is 2. The molecular formula is C10H18ClNO6. The second-order valence-corrected chi connectivity index (χ2v) is 3.21. The average Bonchev–Trinajstić information content (AvgIpc) is 2.19. The van der Waals surface area contributed by atoms with Gasteiger partial charge in [-0.1, -0.05) is 6.07 Å². The number of phenolic OH excluding ortho intramolecular Hbond substituents is 2. The quantitative estimate of drug-likeness (QED) is 0.527. The zero-order valence-electron chi connectivity index (χ0n) is 9.67. The number of aliphatic carboxylic acids is 1.